The number of nitrogens with zero attached hydrogens (tertiary/aromatic N) is 1. The highest BCUT2D eigenvalue weighted by molar-refractivity contribution is 5.99. The molecule has 0 spiro atoms. The number of aromatic nitrogens is 1. The van der Waals surface area contributed by atoms with Gasteiger partial charge in [-0.1, -0.05) is 18.2 Å². The Morgan fingerprint density at radius 1 is 1.22 bits per heavy atom. The van der Waals surface area contributed by atoms with E-state index in [1.807, 2.05) is 0 Å². The van der Waals surface area contributed by atoms with Crippen LogP contribution in [0, 0.1) is 0 Å². The number of amides is 2. The van der Waals surface area contributed by atoms with Gasteiger partial charge in [0.15, 0.2) is 0 Å². The Morgan fingerprint density at radius 3 is 2.63 bits per heavy atom. The van der Waals surface area contributed by atoms with E-state index in [-0.39, 0.29) is 29.6 Å². The van der Waals surface area contributed by atoms with Crippen molar-refractivity contribution < 1.29 is 14.4 Å². The van der Waals surface area contributed by atoms with Crippen LogP contribution in [0.15, 0.2) is 41.3 Å². The van der Waals surface area contributed by atoms with E-state index in [4.69, 9.17) is 0 Å². The molecule has 0 saturated heterocycles. The number of carbonyl (C=O) groups is 3. The highest BCUT2D eigenvalue weighted by atomic mass is 16.2. The van der Waals surface area contributed by atoms with Gasteiger partial charge in [0, 0.05) is 24.8 Å². The maximum Gasteiger partial charge on any atom is 0.263 e. The van der Waals surface area contributed by atoms with Crippen LogP contribution in [0.5, 0.6) is 0 Å². The number of hydrogen-bond donors (Lipinski definition) is 2. The molecule has 1 aromatic heterocycles. The number of benzene rings is 1. The Kier molecular flexibility index (Phi) is 5.49. The van der Waals surface area contributed by atoms with Crippen LogP contribution < -0.4 is 16.2 Å². The quantitative estimate of drug-likeness (QED) is 0.753. The molecule has 140 valence electrons. The predicted octanol–water partition coefficient (Wildman–Crippen LogP) is 1.35. The third-order valence-electron chi connectivity index (χ3n) is 4.70. The topological polar surface area (TPSA) is 97.3 Å². The molecule has 1 aliphatic rings. The van der Waals surface area contributed by atoms with E-state index in [0.717, 1.165) is 31.1 Å². The first-order chi connectivity index (χ1) is 13.0. The molecule has 1 aromatic carbocycles. The molecular formula is C20H21N3O4. The van der Waals surface area contributed by atoms with Gasteiger partial charge in [-0.3, -0.25) is 19.2 Å². The van der Waals surface area contributed by atoms with E-state index in [9.17, 15) is 19.2 Å². The number of carbonyl (C=O) groups excluding carboxylic acids is 3. The van der Waals surface area contributed by atoms with Gasteiger partial charge in [0.2, 0.25) is 0 Å². The van der Waals surface area contributed by atoms with Crippen molar-refractivity contribution >= 4 is 18.1 Å². The summed E-state index contributed by atoms with van der Waals surface area (Å²) in [7, 11) is 1.43. The lowest BCUT2D eigenvalue weighted by molar-refractivity contribution is 0.0916. The maximum absolute atomic E-state index is 12.7. The van der Waals surface area contributed by atoms with Gasteiger partial charge >= 0.3 is 0 Å². The summed E-state index contributed by atoms with van der Waals surface area (Å²) in [5.74, 6) is -0.853. The van der Waals surface area contributed by atoms with Gasteiger partial charge in [-0.25, -0.2) is 0 Å². The number of rotatable bonds is 6. The first-order valence-electron chi connectivity index (χ1n) is 8.83. The molecule has 0 atom stereocenters. The van der Waals surface area contributed by atoms with Crippen LogP contribution in [0.25, 0.3) is 0 Å². The van der Waals surface area contributed by atoms with E-state index < -0.39 is 11.5 Å². The second-order valence-electron chi connectivity index (χ2n) is 6.62. The van der Waals surface area contributed by atoms with Crippen LogP contribution in [-0.2, 0) is 6.54 Å². The Hall–Kier alpha value is -3.22. The van der Waals surface area contributed by atoms with Crippen molar-refractivity contribution in [2.75, 3.05) is 7.05 Å². The summed E-state index contributed by atoms with van der Waals surface area (Å²) >= 11 is 0. The van der Waals surface area contributed by atoms with Crippen molar-refractivity contribution in [3.8, 4) is 0 Å². The summed E-state index contributed by atoms with van der Waals surface area (Å²) in [6.07, 6.45) is 5.14. The Labute approximate surface area is 156 Å². The predicted molar refractivity (Wildman–Crippen MR) is 100 cm³/mol. The molecule has 0 unspecified atom stereocenters. The molecule has 0 radical (unpaired) electrons. The molecule has 7 nitrogen and oxygen atoms in total. The van der Waals surface area contributed by atoms with Crippen molar-refractivity contribution in [3.05, 3.63) is 69.1 Å². The average Bonchev–Trinajstić information content (AvgIpc) is 2.65. The van der Waals surface area contributed by atoms with E-state index >= 15 is 0 Å². The smallest absolute Gasteiger partial charge is 0.263 e. The largest absolute Gasteiger partial charge is 0.355 e. The zero-order valence-electron chi connectivity index (χ0n) is 15.0. The van der Waals surface area contributed by atoms with Crippen molar-refractivity contribution in [1.82, 2.24) is 15.2 Å². The van der Waals surface area contributed by atoms with Crippen molar-refractivity contribution in [3.63, 3.8) is 0 Å². The van der Waals surface area contributed by atoms with Gasteiger partial charge in [0.25, 0.3) is 17.4 Å². The average molecular weight is 367 g/mol. The lowest BCUT2D eigenvalue weighted by Gasteiger charge is -2.26. The first-order valence-corrected chi connectivity index (χ1v) is 8.83. The minimum absolute atomic E-state index is 0.0923. The highest BCUT2D eigenvalue weighted by Gasteiger charge is 2.22. The summed E-state index contributed by atoms with van der Waals surface area (Å²) in [4.78, 5) is 48.3. The van der Waals surface area contributed by atoms with E-state index in [1.54, 1.807) is 24.3 Å². The van der Waals surface area contributed by atoms with Crippen LogP contribution in [0.3, 0.4) is 0 Å². The highest BCUT2D eigenvalue weighted by Crippen LogP contribution is 2.18. The molecule has 0 aliphatic heterocycles. The monoisotopic (exact) mass is 367 g/mol. The lowest BCUT2D eigenvalue weighted by Crippen LogP contribution is -2.40. The van der Waals surface area contributed by atoms with Gasteiger partial charge < -0.3 is 15.2 Å². The molecule has 1 fully saturated rings. The minimum Gasteiger partial charge on any atom is -0.355 e. The fourth-order valence-electron chi connectivity index (χ4n) is 2.96. The molecule has 1 heterocycles. The van der Waals surface area contributed by atoms with Crippen LogP contribution in [0.1, 0.15) is 55.9 Å². The number of pyridine rings is 1. The third-order valence-corrected chi connectivity index (χ3v) is 4.70. The second kappa shape index (κ2) is 7.99. The molecule has 2 N–H and O–H groups in total. The second-order valence-corrected chi connectivity index (χ2v) is 6.62. The fraction of sp³-hybridized carbons (Fsp3) is 0.300. The zero-order chi connectivity index (χ0) is 19.4. The number of nitrogens with one attached hydrogen (secondary N) is 2. The summed E-state index contributed by atoms with van der Waals surface area (Å²) < 4.78 is 1.32. The van der Waals surface area contributed by atoms with Gasteiger partial charge in [-0.15, -0.1) is 0 Å². The van der Waals surface area contributed by atoms with Gasteiger partial charge in [-0.05, 0) is 37.0 Å². The summed E-state index contributed by atoms with van der Waals surface area (Å²) in [5.41, 5.74) is 0.884. The lowest BCUT2D eigenvalue weighted by atomic mass is 9.93. The van der Waals surface area contributed by atoms with Crippen LogP contribution >= 0.6 is 0 Å². The molecule has 1 saturated carbocycles. The Morgan fingerprint density at radius 2 is 2.00 bits per heavy atom. The molecule has 7 heteroatoms. The normalized spacial score (nSPS) is 13.5. The SMILES string of the molecule is CNC(=O)c1cc(C(=O)NC2CCC2)cn(Cc2cccc(C=O)c2)c1=O. The minimum atomic E-state index is -0.548. The maximum atomic E-state index is 12.7. The molecule has 0 bridgehead atoms. The number of hydrogen-bond acceptors (Lipinski definition) is 4. The summed E-state index contributed by atoms with van der Waals surface area (Å²) in [5, 5.41) is 5.34. The fourth-order valence-corrected chi connectivity index (χ4v) is 2.96. The standard InChI is InChI=1S/C20H21N3O4/c1-21-19(26)17-9-15(18(25)22-16-6-3-7-16)11-23(20(17)27)10-13-4-2-5-14(8-13)12-24/h2,4-5,8-9,11-12,16H,3,6-7,10H2,1H3,(H,21,26)(H,22,25). The van der Waals surface area contributed by atoms with Crippen molar-refractivity contribution in [2.24, 2.45) is 0 Å². The van der Waals surface area contributed by atoms with Crippen molar-refractivity contribution in [2.45, 2.75) is 31.8 Å². The van der Waals surface area contributed by atoms with E-state index in [1.165, 1.54) is 23.9 Å². The third kappa shape index (κ3) is 4.13. The Bertz CT molecular complexity index is 944. The van der Waals surface area contributed by atoms with Gasteiger partial charge in [0.1, 0.15) is 11.8 Å². The molecular weight excluding hydrogens is 346 g/mol. The van der Waals surface area contributed by atoms with Gasteiger partial charge in [0.05, 0.1) is 12.1 Å². The Balaban J connectivity index is 1.98. The molecule has 27 heavy (non-hydrogen) atoms. The summed E-state index contributed by atoms with van der Waals surface area (Å²) in [6.45, 7) is 0.148. The zero-order valence-corrected chi connectivity index (χ0v) is 15.0. The van der Waals surface area contributed by atoms with Crippen molar-refractivity contribution in [1.29, 1.82) is 0 Å². The molecule has 2 aromatic rings. The number of aldehydes is 1. The van der Waals surface area contributed by atoms with Crippen LogP contribution in [0.2, 0.25) is 0 Å². The van der Waals surface area contributed by atoms with Crippen LogP contribution in [0.4, 0.5) is 0 Å². The summed E-state index contributed by atoms with van der Waals surface area (Å²) in [6, 6.07) is 8.30. The molecule has 1 aliphatic carbocycles. The van der Waals surface area contributed by atoms with E-state index in [2.05, 4.69) is 10.6 Å². The molecule has 2 amide bonds. The van der Waals surface area contributed by atoms with Gasteiger partial charge in [-0.2, -0.15) is 0 Å². The van der Waals surface area contributed by atoms with E-state index in [0.29, 0.717) is 5.56 Å². The first kappa shape index (κ1) is 18.6. The molecule has 3 rings (SSSR count). The van der Waals surface area contributed by atoms with Crippen LogP contribution in [-0.4, -0.2) is 35.8 Å².